The summed E-state index contributed by atoms with van der Waals surface area (Å²) in [7, 11) is 0.434. The Morgan fingerprint density at radius 1 is 0.959 bits per heavy atom. The number of fused-ring (bicyclic) bond motifs is 9. The van der Waals surface area contributed by atoms with Gasteiger partial charge in [-0.3, -0.25) is 14.4 Å². The molecule has 2 bridgehead atoms. The Labute approximate surface area is 287 Å². The molecule has 8 rings (SSSR count). The first kappa shape index (κ1) is 32.3. The number of likely N-dealkylation sites (tertiary alicyclic amines) is 1. The Hall–Kier alpha value is -3.90. The minimum absolute atomic E-state index is 0.000499. The van der Waals surface area contributed by atoms with Crippen LogP contribution in [0, 0.1) is 5.41 Å². The Balaban J connectivity index is 1.29. The highest BCUT2D eigenvalue weighted by molar-refractivity contribution is 7.87. The van der Waals surface area contributed by atoms with Gasteiger partial charge in [0, 0.05) is 80.7 Å². The van der Waals surface area contributed by atoms with Gasteiger partial charge in [-0.1, -0.05) is 25.3 Å². The molecule has 4 atom stereocenters. The molecule has 0 spiro atoms. The smallest absolute Gasteiger partial charge is 0.303 e. The van der Waals surface area contributed by atoms with Crippen LogP contribution in [0.2, 0.25) is 0 Å². The molecule has 2 aliphatic carbocycles. The van der Waals surface area contributed by atoms with Gasteiger partial charge >= 0.3 is 10.2 Å². The van der Waals surface area contributed by atoms with Gasteiger partial charge in [-0.05, 0) is 79.5 Å². The van der Waals surface area contributed by atoms with Crippen LogP contribution in [0.3, 0.4) is 0 Å². The van der Waals surface area contributed by atoms with Crippen LogP contribution < -0.4 is 9.46 Å². The molecule has 260 valence electrons. The molecule has 11 nitrogen and oxygen atoms in total. The van der Waals surface area contributed by atoms with Crippen LogP contribution in [-0.2, 0) is 26.3 Å². The number of rotatable bonds is 6. The van der Waals surface area contributed by atoms with Crippen molar-refractivity contribution in [3.8, 4) is 17.0 Å². The van der Waals surface area contributed by atoms with Crippen LogP contribution in [0.25, 0.3) is 22.2 Å². The molecule has 1 N–H and O–H groups in total. The summed E-state index contributed by atoms with van der Waals surface area (Å²) < 4.78 is 36.3. The molecule has 1 aromatic heterocycles. The third-order valence-corrected chi connectivity index (χ3v) is 13.5. The van der Waals surface area contributed by atoms with Crippen LogP contribution in [-0.4, -0.2) is 91.2 Å². The van der Waals surface area contributed by atoms with Crippen molar-refractivity contribution < 1.29 is 27.5 Å². The van der Waals surface area contributed by atoms with E-state index in [-0.39, 0.29) is 35.4 Å². The molecule has 4 unspecified atom stereocenters. The molecule has 2 saturated carbocycles. The lowest BCUT2D eigenvalue weighted by atomic mass is 9.81. The van der Waals surface area contributed by atoms with Gasteiger partial charge in [0.25, 0.3) is 5.91 Å². The molecular formula is C37H45N5O6S. The summed E-state index contributed by atoms with van der Waals surface area (Å²) in [6.07, 6.45) is 8.17. The maximum absolute atomic E-state index is 14.9. The molecular weight excluding hydrogens is 643 g/mol. The molecule has 3 amide bonds. The van der Waals surface area contributed by atoms with Gasteiger partial charge in [0.2, 0.25) is 11.8 Å². The van der Waals surface area contributed by atoms with E-state index in [1.54, 1.807) is 20.1 Å². The van der Waals surface area contributed by atoms with Crippen LogP contribution in [0.4, 0.5) is 0 Å². The van der Waals surface area contributed by atoms with Crippen molar-refractivity contribution in [2.24, 2.45) is 5.41 Å². The van der Waals surface area contributed by atoms with Crippen molar-refractivity contribution in [3.63, 3.8) is 0 Å². The summed E-state index contributed by atoms with van der Waals surface area (Å²) in [5, 5.41) is 1.05. The van der Waals surface area contributed by atoms with E-state index in [0.717, 1.165) is 76.3 Å². The fraction of sp³-hybridized carbons (Fsp3) is 0.541. The Morgan fingerprint density at radius 3 is 2.33 bits per heavy atom. The maximum Gasteiger partial charge on any atom is 0.303 e. The summed E-state index contributed by atoms with van der Waals surface area (Å²) in [4.78, 5) is 44.8. The average molecular weight is 688 g/mol. The SMILES string of the molecule is COc1ccc2c(c1)C1CC1(C(=O)N1CC3CCC(C1)N3C(C)=O)Cn1c-2c(C2CCCCC2)c2ccc(C(=O)NS(=O)(=O)N(C)C)cc21. The Kier molecular flexibility index (Phi) is 7.64. The molecule has 5 aliphatic rings. The number of hydrogen-bond donors (Lipinski definition) is 1. The van der Waals surface area contributed by atoms with E-state index in [1.807, 2.05) is 28.0 Å². The highest BCUT2D eigenvalue weighted by Crippen LogP contribution is 2.66. The highest BCUT2D eigenvalue weighted by atomic mass is 32.2. The minimum atomic E-state index is -3.99. The van der Waals surface area contributed by atoms with Gasteiger partial charge in [0.15, 0.2) is 0 Å². The fourth-order valence-electron chi connectivity index (χ4n) is 9.59. The zero-order valence-corrected chi connectivity index (χ0v) is 29.5. The second-order valence-electron chi connectivity index (χ2n) is 15.0. The van der Waals surface area contributed by atoms with E-state index in [2.05, 4.69) is 21.4 Å². The first-order chi connectivity index (χ1) is 23.4. The predicted molar refractivity (Wildman–Crippen MR) is 186 cm³/mol. The number of benzene rings is 2. The molecule has 3 aliphatic heterocycles. The standard InChI is InChI=1S/C37H45N5O6S/c1-22(43)42-25-11-12-26(42)20-40(19-25)36(45)37-18-31(37)30-17-27(48-4)13-15-28(30)34-33(23-8-6-5-7-9-23)29-14-10-24(16-32(29)41(34)21-37)35(44)38-49(46,47)39(2)3/h10,13-17,23,25-26,31H,5-9,11-12,18-21H2,1-4H3,(H,38,44). The number of carbonyl (C=O) groups excluding carboxylic acids is 3. The van der Waals surface area contributed by atoms with E-state index in [9.17, 15) is 22.8 Å². The Bertz CT molecular complexity index is 1980. The van der Waals surface area contributed by atoms with Gasteiger partial charge in [-0.2, -0.15) is 12.7 Å². The number of methoxy groups -OCH3 is 1. The second-order valence-corrected chi connectivity index (χ2v) is 16.9. The normalized spacial score (nSPS) is 26.2. The van der Waals surface area contributed by atoms with Crippen molar-refractivity contribution in [1.82, 2.24) is 23.4 Å². The fourth-order valence-corrected chi connectivity index (χ4v) is 10.1. The zero-order valence-electron chi connectivity index (χ0n) is 28.7. The van der Waals surface area contributed by atoms with Crippen LogP contribution in [0.15, 0.2) is 36.4 Å². The molecule has 4 fully saturated rings. The predicted octanol–water partition coefficient (Wildman–Crippen LogP) is 4.61. The minimum Gasteiger partial charge on any atom is -0.497 e. The van der Waals surface area contributed by atoms with Crippen LogP contribution in [0.5, 0.6) is 5.75 Å². The summed E-state index contributed by atoms with van der Waals surface area (Å²) in [5.41, 5.74) is 4.96. The summed E-state index contributed by atoms with van der Waals surface area (Å²) >= 11 is 0. The topological polar surface area (TPSA) is 121 Å². The largest absolute Gasteiger partial charge is 0.497 e. The third kappa shape index (κ3) is 5.08. The second kappa shape index (κ2) is 11.6. The third-order valence-electron chi connectivity index (χ3n) is 12.0. The van der Waals surface area contributed by atoms with Gasteiger partial charge in [0.1, 0.15) is 5.75 Å². The lowest BCUT2D eigenvalue weighted by molar-refractivity contribution is -0.146. The molecule has 12 heteroatoms. The summed E-state index contributed by atoms with van der Waals surface area (Å²) in [6.45, 7) is 3.17. The number of aromatic nitrogens is 1. The van der Waals surface area contributed by atoms with Crippen LogP contribution in [0.1, 0.15) is 91.6 Å². The average Bonchev–Trinajstić information content (AvgIpc) is 3.67. The quantitative estimate of drug-likeness (QED) is 0.404. The molecule has 49 heavy (non-hydrogen) atoms. The molecule has 0 radical (unpaired) electrons. The molecule has 2 saturated heterocycles. The molecule has 2 aromatic carbocycles. The van der Waals surface area contributed by atoms with Crippen molar-refractivity contribution in [2.75, 3.05) is 34.3 Å². The van der Waals surface area contributed by atoms with E-state index in [0.29, 0.717) is 32.0 Å². The van der Waals surface area contributed by atoms with Crippen molar-refractivity contribution in [3.05, 3.63) is 53.1 Å². The van der Waals surface area contributed by atoms with Gasteiger partial charge in [0.05, 0.1) is 18.2 Å². The van der Waals surface area contributed by atoms with Crippen LogP contribution >= 0.6 is 0 Å². The summed E-state index contributed by atoms with van der Waals surface area (Å²) in [6, 6.07) is 11.8. The number of carbonyl (C=O) groups is 3. The van der Waals surface area contributed by atoms with Gasteiger partial charge < -0.3 is 19.1 Å². The van der Waals surface area contributed by atoms with Crippen molar-refractivity contribution in [1.29, 1.82) is 0 Å². The number of hydrogen-bond acceptors (Lipinski definition) is 6. The van der Waals surface area contributed by atoms with Crippen molar-refractivity contribution in [2.45, 2.75) is 88.8 Å². The number of ether oxygens (including phenoxy) is 1. The lowest BCUT2D eigenvalue weighted by Gasteiger charge is -2.42. The van der Waals surface area contributed by atoms with Gasteiger partial charge in [-0.15, -0.1) is 0 Å². The van der Waals surface area contributed by atoms with E-state index in [1.165, 1.54) is 26.1 Å². The van der Waals surface area contributed by atoms with E-state index >= 15 is 0 Å². The highest BCUT2D eigenvalue weighted by Gasteiger charge is 2.64. The Morgan fingerprint density at radius 2 is 1.67 bits per heavy atom. The number of amides is 3. The zero-order chi connectivity index (χ0) is 34.4. The monoisotopic (exact) mass is 687 g/mol. The first-order valence-corrected chi connectivity index (χ1v) is 19.0. The number of nitrogens with one attached hydrogen (secondary N) is 1. The van der Waals surface area contributed by atoms with Crippen molar-refractivity contribution >= 4 is 38.8 Å². The summed E-state index contributed by atoms with van der Waals surface area (Å²) in [5.74, 6) is 0.593. The molecule has 4 heterocycles. The number of piperazine rings is 1. The van der Waals surface area contributed by atoms with E-state index in [4.69, 9.17) is 4.74 Å². The maximum atomic E-state index is 14.9. The molecule has 3 aromatic rings. The lowest BCUT2D eigenvalue weighted by Crippen LogP contribution is -2.58. The number of nitrogens with zero attached hydrogens (tertiary/aromatic N) is 4. The first-order valence-electron chi connectivity index (χ1n) is 17.6. The van der Waals surface area contributed by atoms with Gasteiger partial charge in [-0.25, -0.2) is 4.72 Å². The van der Waals surface area contributed by atoms with E-state index < -0.39 is 21.5 Å².